The number of pyridine rings is 1. The maximum atomic E-state index is 13.5. The first-order chi connectivity index (χ1) is 13.1. The first-order valence-corrected chi connectivity index (χ1v) is 8.69. The van der Waals surface area contributed by atoms with Gasteiger partial charge >= 0.3 is 12.1 Å². The van der Waals surface area contributed by atoms with Crippen molar-refractivity contribution in [2.45, 2.75) is 25.9 Å². The van der Waals surface area contributed by atoms with Crippen molar-refractivity contribution >= 4 is 23.3 Å². The summed E-state index contributed by atoms with van der Waals surface area (Å²) in [4.78, 5) is 16.2. The molecule has 0 aliphatic heterocycles. The average molecular weight is 386 g/mol. The fourth-order valence-electron chi connectivity index (χ4n) is 3.86. The van der Waals surface area contributed by atoms with E-state index in [-0.39, 0.29) is 5.56 Å². The van der Waals surface area contributed by atoms with Crippen LogP contribution >= 0.6 is 0 Å². The van der Waals surface area contributed by atoms with Gasteiger partial charge in [-0.05, 0) is 36.6 Å². The Morgan fingerprint density at radius 1 is 1.21 bits per heavy atom. The van der Waals surface area contributed by atoms with E-state index in [1.54, 1.807) is 26.0 Å². The van der Waals surface area contributed by atoms with Crippen LogP contribution < -0.4 is 0 Å². The standard InChI is InChI=1S/C21H17F3N2O2/c1-20(2,19(27)28)17-14-6-4-3-5-12(14)9-15(17)16-10-13(21(22,23)24)11-26-8-7-25-18(16)26/h3-11,17H,1-2H3,(H,27,28). The summed E-state index contributed by atoms with van der Waals surface area (Å²) in [6, 6.07) is 8.34. The molecule has 1 aromatic carbocycles. The minimum atomic E-state index is -4.53. The summed E-state index contributed by atoms with van der Waals surface area (Å²) in [5, 5.41) is 9.82. The molecule has 2 aromatic heterocycles. The molecule has 1 aliphatic rings. The molecule has 0 saturated carbocycles. The molecule has 0 fully saturated rings. The molecule has 1 unspecified atom stereocenters. The summed E-state index contributed by atoms with van der Waals surface area (Å²) >= 11 is 0. The van der Waals surface area contributed by atoms with Crippen LogP contribution in [0.5, 0.6) is 0 Å². The Balaban J connectivity index is 2.01. The molecule has 3 aromatic rings. The van der Waals surface area contributed by atoms with Crippen molar-refractivity contribution < 1.29 is 23.1 Å². The number of hydrogen-bond donors (Lipinski definition) is 1. The number of fused-ring (bicyclic) bond motifs is 2. The van der Waals surface area contributed by atoms with E-state index in [0.717, 1.165) is 23.4 Å². The molecule has 0 bridgehead atoms. The van der Waals surface area contributed by atoms with Crippen LogP contribution in [0, 0.1) is 5.41 Å². The highest BCUT2D eigenvalue weighted by atomic mass is 19.4. The monoisotopic (exact) mass is 386 g/mol. The second kappa shape index (κ2) is 5.95. The highest BCUT2D eigenvalue weighted by Gasteiger charge is 2.44. The molecule has 4 nitrogen and oxygen atoms in total. The second-order valence-electron chi connectivity index (χ2n) is 7.49. The molecule has 0 spiro atoms. The Morgan fingerprint density at radius 3 is 2.61 bits per heavy atom. The zero-order valence-corrected chi connectivity index (χ0v) is 15.2. The summed E-state index contributed by atoms with van der Waals surface area (Å²) < 4.78 is 41.7. The molecule has 1 N–H and O–H groups in total. The van der Waals surface area contributed by atoms with Crippen LogP contribution in [0.1, 0.15) is 42.0 Å². The van der Waals surface area contributed by atoms with Crippen LogP contribution in [-0.4, -0.2) is 20.5 Å². The van der Waals surface area contributed by atoms with Gasteiger partial charge in [0.25, 0.3) is 0 Å². The first kappa shape index (κ1) is 18.3. The van der Waals surface area contributed by atoms with Crippen molar-refractivity contribution in [3.63, 3.8) is 0 Å². The number of aromatic nitrogens is 2. The van der Waals surface area contributed by atoms with E-state index in [4.69, 9.17) is 0 Å². The summed E-state index contributed by atoms with van der Waals surface area (Å²) in [6.45, 7) is 3.18. The molecule has 1 aliphatic carbocycles. The van der Waals surface area contributed by atoms with Gasteiger partial charge in [0.1, 0.15) is 5.65 Å². The fraction of sp³-hybridized carbons (Fsp3) is 0.238. The molecule has 0 amide bonds. The highest BCUT2D eigenvalue weighted by Crippen LogP contribution is 2.52. The van der Waals surface area contributed by atoms with E-state index >= 15 is 0 Å². The summed E-state index contributed by atoms with van der Waals surface area (Å²) in [5.41, 5.74) is 0.725. The molecule has 28 heavy (non-hydrogen) atoms. The Kier molecular flexibility index (Phi) is 3.89. The zero-order valence-electron chi connectivity index (χ0n) is 15.2. The van der Waals surface area contributed by atoms with Crippen molar-refractivity contribution in [1.29, 1.82) is 0 Å². The lowest BCUT2D eigenvalue weighted by Gasteiger charge is -2.31. The van der Waals surface area contributed by atoms with E-state index in [2.05, 4.69) is 4.98 Å². The van der Waals surface area contributed by atoms with Gasteiger partial charge in [0.15, 0.2) is 0 Å². The van der Waals surface area contributed by atoms with Gasteiger partial charge in [-0.25, -0.2) is 4.98 Å². The minimum absolute atomic E-state index is 0.287. The van der Waals surface area contributed by atoms with Gasteiger partial charge in [0, 0.05) is 30.1 Å². The number of carbonyl (C=O) groups is 1. The number of aliphatic carboxylic acids is 1. The van der Waals surface area contributed by atoms with Crippen LogP contribution in [0.2, 0.25) is 0 Å². The third-order valence-corrected chi connectivity index (χ3v) is 5.33. The third kappa shape index (κ3) is 2.69. The van der Waals surface area contributed by atoms with Crippen molar-refractivity contribution in [2.24, 2.45) is 5.41 Å². The third-order valence-electron chi connectivity index (χ3n) is 5.33. The van der Waals surface area contributed by atoms with Crippen LogP contribution in [0.3, 0.4) is 0 Å². The summed E-state index contributed by atoms with van der Waals surface area (Å²) in [6.07, 6.45) is 1.12. The van der Waals surface area contributed by atoms with Gasteiger partial charge in [-0.2, -0.15) is 13.2 Å². The zero-order chi connectivity index (χ0) is 20.3. The average Bonchev–Trinajstić information content (AvgIpc) is 3.24. The Bertz CT molecular complexity index is 1130. The van der Waals surface area contributed by atoms with Gasteiger partial charge in [0.05, 0.1) is 11.0 Å². The summed E-state index contributed by atoms with van der Waals surface area (Å²) in [5.74, 6) is -1.63. The number of allylic oxidation sites excluding steroid dienone is 1. The van der Waals surface area contributed by atoms with Gasteiger partial charge in [0.2, 0.25) is 0 Å². The van der Waals surface area contributed by atoms with Crippen molar-refractivity contribution in [1.82, 2.24) is 9.38 Å². The quantitative estimate of drug-likeness (QED) is 0.681. The van der Waals surface area contributed by atoms with Crippen molar-refractivity contribution in [3.8, 4) is 0 Å². The smallest absolute Gasteiger partial charge is 0.417 e. The highest BCUT2D eigenvalue weighted by molar-refractivity contribution is 5.98. The van der Waals surface area contributed by atoms with E-state index in [9.17, 15) is 23.1 Å². The molecule has 2 heterocycles. The Hall–Kier alpha value is -3.09. The number of nitrogens with zero attached hydrogens (tertiary/aromatic N) is 2. The van der Waals surface area contributed by atoms with Gasteiger partial charge < -0.3 is 9.51 Å². The first-order valence-electron chi connectivity index (χ1n) is 8.69. The Labute approximate surface area is 159 Å². The van der Waals surface area contributed by atoms with E-state index in [1.165, 1.54) is 16.8 Å². The number of imidazole rings is 1. The molecule has 0 saturated heterocycles. The number of carboxylic acids is 1. The lowest BCUT2D eigenvalue weighted by atomic mass is 9.71. The van der Waals surface area contributed by atoms with Gasteiger partial charge in [-0.15, -0.1) is 0 Å². The number of benzene rings is 1. The lowest BCUT2D eigenvalue weighted by Crippen LogP contribution is -2.31. The summed E-state index contributed by atoms with van der Waals surface area (Å²) in [7, 11) is 0. The van der Waals surface area contributed by atoms with Gasteiger partial charge in [-0.3, -0.25) is 4.79 Å². The molecular weight excluding hydrogens is 369 g/mol. The van der Waals surface area contributed by atoms with E-state index < -0.39 is 29.0 Å². The molecule has 0 radical (unpaired) electrons. The molecule has 1 atom stereocenters. The minimum Gasteiger partial charge on any atom is -0.481 e. The predicted octanol–water partition coefficient (Wildman–Crippen LogP) is 5.10. The van der Waals surface area contributed by atoms with Gasteiger partial charge in [-0.1, -0.05) is 30.3 Å². The van der Waals surface area contributed by atoms with Crippen LogP contribution in [0.4, 0.5) is 13.2 Å². The Morgan fingerprint density at radius 2 is 1.93 bits per heavy atom. The number of alkyl halides is 3. The largest absolute Gasteiger partial charge is 0.481 e. The molecule has 144 valence electrons. The van der Waals surface area contributed by atoms with E-state index in [1.807, 2.05) is 18.2 Å². The SMILES string of the molecule is CC(C)(C(=O)O)C1C(c2cc(C(F)(F)F)cn3ccnc23)=Cc2ccccc21. The number of halogens is 3. The lowest BCUT2D eigenvalue weighted by molar-refractivity contribution is -0.147. The predicted molar refractivity (Wildman–Crippen MR) is 98.7 cm³/mol. The molecular formula is C21H17F3N2O2. The topological polar surface area (TPSA) is 54.6 Å². The molecule has 4 rings (SSSR count). The van der Waals surface area contributed by atoms with Crippen LogP contribution in [-0.2, 0) is 11.0 Å². The van der Waals surface area contributed by atoms with E-state index in [0.29, 0.717) is 11.2 Å². The normalized spacial score (nSPS) is 16.9. The maximum Gasteiger partial charge on any atom is 0.417 e. The number of carboxylic acid groups (broad SMARTS) is 1. The van der Waals surface area contributed by atoms with Crippen LogP contribution in [0.15, 0.2) is 48.9 Å². The molecule has 7 heteroatoms. The van der Waals surface area contributed by atoms with Crippen molar-refractivity contribution in [2.75, 3.05) is 0 Å². The number of rotatable bonds is 3. The maximum absolute atomic E-state index is 13.5. The number of hydrogen-bond acceptors (Lipinski definition) is 2. The fourth-order valence-corrected chi connectivity index (χ4v) is 3.86. The van der Waals surface area contributed by atoms with Crippen LogP contribution in [0.25, 0.3) is 17.3 Å². The van der Waals surface area contributed by atoms with Crippen molar-refractivity contribution in [3.05, 3.63) is 71.2 Å². The second-order valence-corrected chi connectivity index (χ2v) is 7.49.